The highest BCUT2D eigenvalue weighted by Crippen LogP contribution is 2.45. The fourth-order valence-corrected chi connectivity index (χ4v) is 4.77. The minimum Gasteiger partial charge on any atom is -0.490 e. The van der Waals surface area contributed by atoms with Crippen molar-refractivity contribution in [2.75, 3.05) is 19.7 Å². The molecule has 9 heteroatoms. The van der Waals surface area contributed by atoms with Crippen LogP contribution >= 0.6 is 0 Å². The number of imidazole rings is 1. The number of rotatable bonds is 9. The number of nitrogens with one attached hydrogen (secondary N) is 2. The van der Waals surface area contributed by atoms with Gasteiger partial charge >= 0.3 is 0 Å². The summed E-state index contributed by atoms with van der Waals surface area (Å²) < 4.78 is 19.3. The standard InChI is InChI=1S/C24H29FN4O4/c1-15(2)23-18-7-5-16(25)12-21(18)33-14-24(23,30)9-11-26-10-3-4-22-27-19-8-6-17(29(31)32)13-20(19)28-22/h5-8,12-13,15,23,26,30H,3-4,9-11,14H2,1-2H3,(H,27,28)/t23-,24+/m0/s1. The van der Waals surface area contributed by atoms with Crippen LogP contribution in [0.2, 0.25) is 0 Å². The van der Waals surface area contributed by atoms with E-state index in [0.717, 1.165) is 24.4 Å². The predicted octanol–water partition coefficient (Wildman–Crippen LogP) is 4.09. The summed E-state index contributed by atoms with van der Waals surface area (Å²) >= 11 is 0. The number of ether oxygens (including phenoxy) is 1. The molecule has 0 unspecified atom stereocenters. The van der Waals surface area contributed by atoms with Crippen LogP contribution < -0.4 is 10.1 Å². The van der Waals surface area contributed by atoms with Crippen LogP contribution in [0.1, 0.15) is 44.0 Å². The Labute approximate surface area is 191 Å². The minimum atomic E-state index is -1.03. The lowest BCUT2D eigenvalue weighted by molar-refractivity contribution is -0.384. The van der Waals surface area contributed by atoms with Crippen LogP contribution in [0, 0.1) is 21.8 Å². The number of halogens is 1. The molecule has 4 rings (SSSR count). The Bertz CT molecular complexity index is 1150. The minimum absolute atomic E-state index is 0.0384. The summed E-state index contributed by atoms with van der Waals surface area (Å²) in [4.78, 5) is 18.1. The Morgan fingerprint density at radius 2 is 2.15 bits per heavy atom. The maximum absolute atomic E-state index is 13.6. The van der Waals surface area contributed by atoms with Crippen LogP contribution in [0.15, 0.2) is 36.4 Å². The quantitative estimate of drug-likeness (QED) is 0.254. The highest BCUT2D eigenvalue weighted by Gasteiger charge is 2.44. The zero-order valence-corrected chi connectivity index (χ0v) is 18.8. The second-order valence-electron chi connectivity index (χ2n) is 9.04. The number of aromatic nitrogens is 2. The molecule has 0 radical (unpaired) electrons. The van der Waals surface area contributed by atoms with E-state index in [-0.39, 0.29) is 29.9 Å². The molecule has 176 valence electrons. The number of H-pyrrole nitrogens is 1. The summed E-state index contributed by atoms with van der Waals surface area (Å²) in [6.07, 6.45) is 2.05. The number of benzene rings is 2. The summed E-state index contributed by atoms with van der Waals surface area (Å²) in [7, 11) is 0. The molecule has 0 fully saturated rings. The highest BCUT2D eigenvalue weighted by atomic mass is 19.1. The van der Waals surface area contributed by atoms with E-state index in [1.807, 2.05) is 0 Å². The Morgan fingerprint density at radius 3 is 2.91 bits per heavy atom. The van der Waals surface area contributed by atoms with E-state index in [1.54, 1.807) is 12.1 Å². The second kappa shape index (κ2) is 9.44. The van der Waals surface area contributed by atoms with Gasteiger partial charge in [-0.3, -0.25) is 10.1 Å². The van der Waals surface area contributed by atoms with Crippen molar-refractivity contribution in [2.45, 2.75) is 44.6 Å². The number of nitro groups is 1. The molecule has 0 aliphatic carbocycles. The number of hydrogen-bond acceptors (Lipinski definition) is 6. The van der Waals surface area contributed by atoms with Crippen molar-refractivity contribution in [1.82, 2.24) is 15.3 Å². The molecule has 3 aromatic rings. The number of nitro benzene ring substituents is 1. The number of fused-ring (bicyclic) bond motifs is 2. The molecule has 0 spiro atoms. The van der Waals surface area contributed by atoms with Gasteiger partial charge in [-0.05, 0) is 44.0 Å². The van der Waals surface area contributed by atoms with Crippen LogP contribution in [0.25, 0.3) is 11.0 Å². The van der Waals surface area contributed by atoms with E-state index in [0.29, 0.717) is 36.2 Å². The lowest BCUT2D eigenvalue weighted by Crippen LogP contribution is -2.49. The molecule has 0 saturated heterocycles. The molecular formula is C24H29FN4O4. The molecule has 1 aliphatic heterocycles. The fraction of sp³-hybridized carbons (Fsp3) is 0.458. The highest BCUT2D eigenvalue weighted by molar-refractivity contribution is 5.77. The molecular weight excluding hydrogens is 427 g/mol. The van der Waals surface area contributed by atoms with Crippen LogP contribution in [0.4, 0.5) is 10.1 Å². The summed E-state index contributed by atoms with van der Waals surface area (Å²) in [5.41, 5.74) is 1.23. The SMILES string of the molecule is CC(C)[C@H]1c2ccc(F)cc2OC[C@]1(O)CCNCCCc1nc2ccc([N+](=O)[O-])cc2[nH]1. The normalized spacial score (nSPS) is 20.1. The number of non-ortho nitro benzene ring substituents is 1. The predicted molar refractivity (Wildman–Crippen MR) is 123 cm³/mol. The first-order valence-corrected chi connectivity index (χ1v) is 11.3. The van der Waals surface area contributed by atoms with Crippen molar-refractivity contribution in [3.63, 3.8) is 0 Å². The van der Waals surface area contributed by atoms with E-state index < -0.39 is 10.5 Å². The lowest BCUT2D eigenvalue weighted by Gasteiger charge is -2.43. The van der Waals surface area contributed by atoms with Crippen molar-refractivity contribution < 1.29 is 19.2 Å². The first-order chi connectivity index (χ1) is 15.8. The molecule has 2 atom stereocenters. The van der Waals surface area contributed by atoms with Crippen LogP contribution in [0.5, 0.6) is 5.75 Å². The number of aliphatic hydroxyl groups is 1. The number of nitrogens with zero attached hydrogens (tertiary/aromatic N) is 2. The number of aromatic amines is 1. The van der Waals surface area contributed by atoms with Gasteiger partial charge in [0.05, 0.1) is 16.0 Å². The van der Waals surface area contributed by atoms with Gasteiger partial charge in [0.1, 0.15) is 29.6 Å². The maximum atomic E-state index is 13.6. The summed E-state index contributed by atoms with van der Waals surface area (Å²) in [5, 5.41) is 25.7. The van der Waals surface area contributed by atoms with E-state index in [2.05, 4.69) is 29.1 Å². The fourth-order valence-electron chi connectivity index (χ4n) is 4.77. The van der Waals surface area contributed by atoms with Crippen molar-refractivity contribution in [2.24, 2.45) is 5.92 Å². The smallest absolute Gasteiger partial charge is 0.271 e. The third-order valence-electron chi connectivity index (χ3n) is 6.26. The van der Waals surface area contributed by atoms with E-state index in [4.69, 9.17) is 4.74 Å². The van der Waals surface area contributed by atoms with E-state index in [9.17, 15) is 19.6 Å². The van der Waals surface area contributed by atoms with Crippen molar-refractivity contribution in [3.8, 4) is 5.75 Å². The van der Waals surface area contributed by atoms with Gasteiger partial charge in [0.15, 0.2) is 0 Å². The van der Waals surface area contributed by atoms with Gasteiger partial charge in [-0.2, -0.15) is 0 Å². The monoisotopic (exact) mass is 456 g/mol. The molecule has 0 saturated carbocycles. The molecule has 1 aliphatic rings. The molecule has 1 aromatic heterocycles. The van der Waals surface area contributed by atoms with Gasteiger partial charge in [0.2, 0.25) is 0 Å². The Morgan fingerprint density at radius 1 is 1.33 bits per heavy atom. The molecule has 3 N–H and O–H groups in total. The summed E-state index contributed by atoms with van der Waals surface area (Å²) in [6.45, 7) is 5.61. The first-order valence-electron chi connectivity index (χ1n) is 11.3. The van der Waals surface area contributed by atoms with Gasteiger partial charge in [0.25, 0.3) is 5.69 Å². The third kappa shape index (κ3) is 4.99. The van der Waals surface area contributed by atoms with E-state index >= 15 is 0 Å². The maximum Gasteiger partial charge on any atom is 0.271 e. The van der Waals surface area contributed by atoms with Crippen LogP contribution in [-0.2, 0) is 6.42 Å². The molecule has 33 heavy (non-hydrogen) atoms. The Balaban J connectivity index is 1.28. The van der Waals surface area contributed by atoms with Crippen LogP contribution in [-0.4, -0.2) is 45.3 Å². The molecule has 2 heterocycles. The van der Waals surface area contributed by atoms with Crippen molar-refractivity contribution >= 4 is 16.7 Å². The topological polar surface area (TPSA) is 113 Å². The summed E-state index contributed by atoms with van der Waals surface area (Å²) in [5.74, 6) is 0.999. The average Bonchev–Trinajstić information content (AvgIpc) is 3.18. The zero-order valence-electron chi connectivity index (χ0n) is 18.8. The molecule has 8 nitrogen and oxygen atoms in total. The van der Waals surface area contributed by atoms with Gasteiger partial charge in [-0.25, -0.2) is 9.37 Å². The van der Waals surface area contributed by atoms with Gasteiger partial charge in [-0.15, -0.1) is 0 Å². The van der Waals surface area contributed by atoms with E-state index in [1.165, 1.54) is 24.3 Å². The van der Waals surface area contributed by atoms with Gasteiger partial charge < -0.3 is 20.1 Å². The number of aryl methyl sites for hydroxylation is 1. The first kappa shape index (κ1) is 23.1. The van der Waals surface area contributed by atoms with Crippen molar-refractivity contribution in [3.05, 3.63) is 63.7 Å². The third-order valence-corrected chi connectivity index (χ3v) is 6.26. The number of hydrogen-bond donors (Lipinski definition) is 3. The second-order valence-corrected chi connectivity index (χ2v) is 9.04. The van der Waals surface area contributed by atoms with Crippen molar-refractivity contribution in [1.29, 1.82) is 0 Å². The molecule has 0 amide bonds. The van der Waals surface area contributed by atoms with Gasteiger partial charge in [-0.1, -0.05) is 19.9 Å². The molecule has 2 aromatic carbocycles. The average molecular weight is 457 g/mol. The summed E-state index contributed by atoms with van der Waals surface area (Å²) in [6, 6.07) is 9.12. The molecule has 0 bridgehead atoms. The largest absolute Gasteiger partial charge is 0.490 e. The van der Waals surface area contributed by atoms with Gasteiger partial charge in [0, 0.05) is 36.1 Å². The lowest BCUT2D eigenvalue weighted by atomic mass is 9.72. The Hall–Kier alpha value is -3.04. The Kier molecular flexibility index (Phi) is 6.62. The van der Waals surface area contributed by atoms with Crippen LogP contribution in [0.3, 0.4) is 0 Å². The zero-order chi connectivity index (χ0) is 23.6.